The Kier molecular flexibility index (Phi) is 4.66. The summed E-state index contributed by atoms with van der Waals surface area (Å²) in [4.78, 5) is 9.04. The molecule has 0 bridgehead atoms. The lowest BCUT2D eigenvalue weighted by molar-refractivity contribution is 0.277. The summed E-state index contributed by atoms with van der Waals surface area (Å²) in [5.74, 6) is 3.14. The molecule has 0 saturated heterocycles. The third-order valence-electron chi connectivity index (χ3n) is 4.53. The fourth-order valence-corrected chi connectivity index (χ4v) is 3.19. The van der Waals surface area contributed by atoms with E-state index in [9.17, 15) is 0 Å². The minimum absolute atomic E-state index is 0.106. The van der Waals surface area contributed by atoms with Crippen molar-refractivity contribution in [3.05, 3.63) is 42.0 Å². The number of nitrogens with zero attached hydrogens (tertiary/aromatic N) is 6. The molecule has 3 heterocycles. The first-order valence-corrected chi connectivity index (χ1v) is 8.94. The zero-order valence-corrected chi connectivity index (χ0v) is 14.7. The molecular formula is C18H22N6O2. The maximum atomic E-state index is 9.16. The number of fused-ring (bicyclic) bond motifs is 1. The monoisotopic (exact) mass is 354 g/mol. The first kappa shape index (κ1) is 16.7. The standard InChI is InChI=1S/C18H22N6O2/c1-2-23-12-19-17(22-23)18-20-16(21-24(18)8-5-9-25)10-13-11-26-15-7-4-3-6-14(13)15/h3-4,6-7,12-13,25H,2,5,8-11H2,1H3. The van der Waals surface area contributed by atoms with E-state index in [1.165, 1.54) is 5.56 Å². The lowest BCUT2D eigenvalue weighted by atomic mass is 9.98. The normalized spacial score (nSPS) is 15.8. The molecule has 1 aromatic carbocycles. The lowest BCUT2D eigenvalue weighted by Gasteiger charge is -2.05. The summed E-state index contributed by atoms with van der Waals surface area (Å²) < 4.78 is 9.32. The molecule has 8 heteroatoms. The van der Waals surface area contributed by atoms with Crippen LogP contribution < -0.4 is 4.74 Å². The number of hydrogen-bond acceptors (Lipinski definition) is 6. The highest BCUT2D eigenvalue weighted by atomic mass is 16.5. The summed E-state index contributed by atoms with van der Waals surface area (Å²) in [6, 6.07) is 8.11. The quantitative estimate of drug-likeness (QED) is 0.694. The number of para-hydroxylation sites is 1. The van der Waals surface area contributed by atoms with Gasteiger partial charge in [-0.1, -0.05) is 18.2 Å². The minimum atomic E-state index is 0.106. The van der Waals surface area contributed by atoms with Gasteiger partial charge in [-0.3, -0.25) is 4.68 Å². The van der Waals surface area contributed by atoms with Crippen LogP contribution in [0.15, 0.2) is 30.6 Å². The lowest BCUT2D eigenvalue weighted by Crippen LogP contribution is -2.08. The number of hydrogen-bond donors (Lipinski definition) is 1. The van der Waals surface area contributed by atoms with Crippen molar-refractivity contribution in [2.75, 3.05) is 13.2 Å². The Hall–Kier alpha value is -2.74. The van der Waals surface area contributed by atoms with Gasteiger partial charge in [0.25, 0.3) is 0 Å². The SMILES string of the molecule is CCn1cnc(-c2nc(CC3COc4ccccc43)nn2CCCO)n1. The van der Waals surface area contributed by atoms with E-state index in [4.69, 9.17) is 14.8 Å². The first-order valence-electron chi connectivity index (χ1n) is 8.94. The summed E-state index contributed by atoms with van der Waals surface area (Å²) in [7, 11) is 0. The topological polar surface area (TPSA) is 90.9 Å². The maximum absolute atomic E-state index is 9.16. The van der Waals surface area contributed by atoms with Gasteiger partial charge in [0.2, 0.25) is 5.82 Å². The van der Waals surface area contributed by atoms with Gasteiger partial charge in [0.05, 0.1) is 6.61 Å². The van der Waals surface area contributed by atoms with Gasteiger partial charge in [-0.05, 0) is 19.4 Å². The number of aromatic nitrogens is 6. The molecule has 0 amide bonds. The van der Waals surface area contributed by atoms with Gasteiger partial charge in [0.1, 0.15) is 12.1 Å². The van der Waals surface area contributed by atoms with Crippen LogP contribution >= 0.6 is 0 Å². The highest BCUT2D eigenvalue weighted by Gasteiger charge is 2.26. The summed E-state index contributed by atoms with van der Waals surface area (Å²) >= 11 is 0. The average molecular weight is 354 g/mol. The van der Waals surface area contributed by atoms with Crippen molar-refractivity contribution in [1.82, 2.24) is 29.5 Å². The smallest absolute Gasteiger partial charge is 0.218 e. The summed E-state index contributed by atoms with van der Waals surface area (Å²) in [6.45, 7) is 4.09. The van der Waals surface area contributed by atoms with Crippen molar-refractivity contribution in [3.8, 4) is 17.4 Å². The van der Waals surface area contributed by atoms with Crippen LogP contribution in [-0.4, -0.2) is 47.8 Å². The minimum Gasteiger partial charge on any atom is -0.493 e. The molecule has 8 nitrogen and oxygen atoms in total. The number of aliphatic hydroxyl groups excluding tert-OH is 1. The molecule has 0 aliphatic carbocycles. The van der Waals surface area contributed by atoms with Gasteiger partial charge in [-0.25, -0.2) is 14.6 Å². The molecular weight excluding hydrogens is 332 g/mol. The van der Waals surface area contributed by atoms with Crippen LogP contribution in [-0.2, 0) is 19.5 Å². The summed E-state index contributed by atoms with van der Waals surface area (Å²) in [5.41, 5.74) is 1.20. The van der Waals surface area contributed by atoms with Crippen molar-refractivity contribution < 1.29 is 9.84 Å². The van der Waals surface area contributed by atoms with Crippen molar-refractivity contribution in [3.63, 3.8) is 0 Å². The molecule has 1 N–H and O–H groups in total. The molecule has 3 aromatic rings. The molecule has 1 aliphatic heterocycles. The van der Waals surface area contributed by atoms with Crippen LogP contribution in [0.3, 0.4) is 0 Å². The Labute approximate surface area is 151 Å². The Morgan fingerprint density at radius 2 is 2.15 bits per heavy atom. The molecule has 1 aliphatic rings. The van der Waals surface area contributed by atoms with Gasteiger partial charge < -0.3 is 9.84 Å². The highest BCUT2D eigenvalue weighted by Crippen LogP contribution is 2.35. The molecule has 136 valence electrons. The third kappa shape index (κ3) is 3.20. The van der Waals surface area contributed by atoms with E-state index in [0.717, 1.165) is 18.1 Å². The van der Waals surface area contributed by atoms with Crippen LogP contribution in [0.4, 0.5) is 0 Å². The Balaban J connectivity index is 1.61. The molecule has 0 fully saturated rings. The van der Waals surface area contributed by atoms with E-state index in [-0.39, 0.29) is 12.5 Å². The molecule has 26 heavy (non-hydrogen) atoms. The van der Waals surface area contributed by atoms with Crippen LogP contribution in [0.1, 0.15) is 30.7 Å². The molecule has 0 radical (unpaired) electrons. The van der Waals surface area contributed by atoms with E-state index < -0.39 is 0 Å². The number of benzene rings is 1. The van der Waals surface area contributed by atoms with E-state index in [2.05, 4.69) is 21.2 Å². The van der Waals surface area contributed by atoms with Crippen molar-refractivity contribution in [2.24, 2.45) is 0 Å². The Morgan fingerprint density at radius 1 is 1.27 bits per heavy atom. The number of rotatable bonds is 7. The van der Waals surface area contributed by atoms with Crippen LogP contribution in [0.25, 0.3) is 11.6 Å². The number of aryl methyl sites for hydroxylation is 2. The van der Waals surface area contributed by atoms with Gasteiger partial charge in [-0.15, -0.1) is 5.10 Å². The van der Waals surface area contributed by atoms with Crippen molar-refractivity contribution in [2.45, 2.75) is 38.8 Å². The third-order valence-corrected chi connectivity index (χ3v) is 4.53. The van der Waals surface area contributed by atoms with E-state index >= 15 is 0 Å². The maximum Gasteiger partial charge on any atom is 0.218 e. The second-order valence-electron chi connectivity index (χ2n) is 6.33. The zero-order chi connectivity index (χ0) is 17.9. The highest BCUT2D eigenvalue weighted by molar-refractivity contribution is 5.43. The van der Waals surface area contributed by atoms with Crippen molar-refractivity contribution in [1.29, 1.82) is 0 Å². The first-order chi connectivity index (χ1) is 12.8. The second-order valence-corrected chi connectivity index (χ2v) is 6.33. The molecule has 1 atom stereocenters. The van der Waals surface area contributed by atoms with E-state index in [0.29, 0.717) is 37.6 Å². The van der Waals surface area contributed by atoms with Gasteiger partial charge in [-0.2, -0.15) is 5.10 Å². The Bertz CT molecular complexity index is 887. The number of aliphatic hydroxyl groups is 1. The van der Waals surface area contributed by atoms with Gasteiger partial charge >= 0.3 is 0 Å². The Morgan fingerprint density at radius 3 is 2.96 bits per heavy atom. The number of ether oxygens (including phenoxy) is 1. The van der Waals surface area contributed by atoms with Crippen LogP contribution in [0.5, 0.6) is 5.75 Å². The van der Waals surface area contributed by atoms with E-state index in [1.807, 2.05) is 25.1 Å². The average Bonchev–Trinajstić information content (AvgIpc) is 3.38. The second kappa shape index (κ2) is 7.25. The fraction of sp³-hybridized carbons (Fsp3) is 0.444. The van der Waals surface area contributed by atoms with Gasteiger partial charge in [0.15, 0.2) is 11.6 Å². The largest absolute Gasteiger partial charge is 0.493 e. The van der Waals surface area contributed by atoms with Crippen LogP contribution in [0, 0.1) is 0 Å². The predicted molar refractivity (Wildman–Crippen MR) is 94.8 cm³/mol. The molecule has 1 unspecified atom stereocenters. The molecule has 2 aromatic heterocycles. The predicted octanol–water partition coefficient (Wildman–Crippen LogP) is 1.66. The fourth-order valence-electron chi connectivity index (χ4n) is 3.19. The zero-order valence-electron chi connectivity index (χ0n) is 14.7. The molecule has 0 spiro atoms. The van der Waals surface area contributed by atoms with E-state index in [1.54, 1.807) is 15.7 Å². The summed E-state index contributed by atoms with van der Waals surface area (Å²) in [5, 5.41) is 18.3. The van der Waals surface area contributed by atoms with Gasteiger partial charge in [0, 0.05) is 37.6 Å². The summed E-state index contributed by atoms with van der Waals surface area (Å²) in [6.07, 6.45) is 3.01. The van der Waals surface area contributed by atoms with Crippen molar-refractivity contribution >= 4 is 0 Å². The van der Waals surface area contributed by atoms with Crippen LogP contribution in [0.2, 0.25) is 0 Å². The molecule has 0 saturated carbocycles. The molecule has 4 rings (SSSR count).